The molecule has 8 heteroatoms. The first kappa shape index (κ1) is 23.2. The fraction of sp³-hybridized carbons (Fsp3) is 0.440. The second-order valence-electron chi connectivity index (χ2n) is 9.84. The summed E-state index contributed by atoms with van der Waals surface area (Å²) in [5.41, 5.74) is 3.06. The van der Waals surface area contributed by atoms with E-state index in [4.69, 9.17) is 39.9 Å². The highest BCUT2D eigenvalue weighted by Gasteiger charge is 2.53. The molecule has 4 nitrogen and oxygen atoms in total. The first-order valence-electron chi connectivity index (χ1n) is 11.3. The van der Waals surface area contributed by atoms with Crippen LogP contribution in [0.3, 0.4) is 0 Å². The van der Waals surface area contributed by atoms with Gasteiger partial charge in [-0.05, 0) is 79.7 Å². The summed E-state index contributed by atoms with van der Waals surface area (Å²) in [6.07, 6.45) is 3.74. The van der Waals surface area contributed by atoms with Gasteiger partial charge in [0.2, 0.25) is 0 Å². The van der Waals surface area contributed by atoms with Gasteiger partial charge in [0, 0.05) is 17.1 Å². The van der Waals surface area contributed by atoms with Crippen LogP contribution in [-0.2, 0) is 0 Å². The number of benzene rings is 1. The lowest BCUT2D eigenvalue weighted by Gasteiger charge is -2.60. The van der Waals surface area contributed by atoms with E-state index in [2.05, 4.69) is 19.2 Å². The average Bonchev–Trinajstić information content (AvgIpc) is 3.34. The lowest BCUT2D eigenvalue weighted by atomic mass is 9.45. The molecule has 1 aromatic carbocycles. The minimum absolute atomic E-state index is 0.153. The van der Waals surface area contributed by atoms with Gasteiger partial charge in [-0.15, -0.1) is 11.3 Å². The standard InChI is InChI=1S/C25H26Cl3N3OS/c1-13-22(24(32)29-12-14-4-5-15-10-17(14)25(15,2)3)30-31(19-7-6-16(26)11-18(19)27)23(13)20-8-9-21(28)33-20/h6-9,11,14-15,17H,4-5,10,12H2,1-3H3,(H,29,32). The molecule has 3 saturated carbocycles. The normalized spacial score (nSPS) is 23.3. The zero-order valence-corrected chi connectivity index (χ0v) is 21.9. The molecule has 0 saturated heterocycles. The van der Waals surface area contributed by atoms with Crippen LogP contribution in [0.15, 0.2) is 30.3 Å². The minimum atomic E-state index is -0.153. The predicted molar refractivity (Wildman–Crippen MR) is 137 cm³/mol. The summed E-state index contributed by atoms with van der Waals surface area (Å²) in [6.45, 7) is 7.36. The third-order valence-electron chi connectivity index (χ3n) is 7.81. The monoisotopic (exact) mass is 521 g/mol. The molecule has 6 rings (SSSR count). The third kappa shape index (κ3) is 4.01. The number of carbonyl (C=O) groups is 1. The molecular formula is C25H26Cl3N3OS. The molecule has 3 fully saturated rings. The molecular weight excluding hydrogens is 497 g/mol. The molecule has 174 valence electrons. The summed E-state index contributed by atoms with van der Waals surface area (Å²) in [6, 6.07) is 9.04. The number of halogens is 3. The van der Waals surface area contributed by atoms with Crippen molar-refractivity contribution in [2.24, 2.45) is 23.2 Å². The van der Waals surface area contributed by atoms with Crippen LogP contribution in [0.1, 0.15) is 49.2 Å². The number of nitrogens with zero attached hydrogens (tertiary/aromatic N) is 2. The Kier molecular flexibility index (Phi) is 6.05. The predicted octanol–water partition coefficient (Wildman–Crippen LogP) is 7.67. The van der Waals surface area contributed by atoms with Crippen molar-refractivity contribution in [3.8, 4) is 16.3 Å². The lowest BCUT2D eigenvalue weighted by Crippen LogP contribution is -2.54. The molecule has 3 aliphatic carbocycles. The van der Waals surface area contributed by atoms with Crippen molar-refractivity contribution in [2.45, 2.75) is 40.0 Å². The van der Waals surface area contributed by atoms with Gasteiger partial charge in [0.15, 0.2) is 5.69 Å². The molecule has 33 heavy (non-hydrogen) atoms. The first-order chi connectivity index (χ1) is 15.7. The van der Waals surface area contributed by atoms with Crippen molar-refractivity contribution in [3.05, 3.63) is 56.0 Å². The maximum Gasteiger partial charge on any atom is 0.272 e. The SMILES string of the molecule is Cc1c(C(=O)NCC2CCC3CC2C3(C)C)nn(-c2ccc(Cl)cc2Cl)c1-c1ccc(Cl)s1. The first-order valence-corrected chi connectivity index (χ1v) is 13.2. The molecule has 3 aromatic rings. The number of aromatic nitrogens is 2. The summed E-state index contributed by atoms with van der Waals surface area (Å²) in [5.74, 6) is 1.90. The summed E-state index contributed by atoms with van der Waals surface area (Å²) in [5, 5.41) is 8.91. The van der Waals surface area contributed by atoms with Gasteiger partial charge in [0.25, 0.3) is 5.91 Å². The van der Waals surface area contributed by atoms with Crippen LogP contribution >= 0.6 is 46.1 Å². The van der Waals surface area contributed by atoms with Crippen LogP contribution < -0.4 is 5.32 Å². The molecule has 3 aliphatic rings. The van der Waals surface area contributed by atoms with E-state index in [1.54, 1.807) is 16.8 Å². The van der Waals surface area contributed by atoms with Gasteiger partial charge >= 0.3 is 0 Å². The third-order valence-corrected chi connectivity index (χ3v) is 9.58. The van der Waals surface area contributed by atoms with Crippen molar-refractivity contribution in [1.82, 2.24) is 15.1 Å². The number of nitrogens with one attached hydrogen (secondary N) is 1. The van der Waals surface area contributed by atoms with Gasteiger partial charge < -0.3 is 5.32 Å². The van der Waals surface area contributed by atoms with Gasteiger partial charge in [-0.3, -0.25) is 4.79 Å². The maximum absolute atomic E-state index is 13.3. The highest BCUT2D eigenvalue weighted by Crippen LogP contribution is 2.61. The van der Waals surface area contributed by atoms with Crippen molar-refractivity contribution >= 4 is 52.0 Å². The van der Waals surface area contributed by atoms with Crippen molar-refractivity contribution in [3.63, 3.8) is 0 Å². The maximum atomic E-state index is 13.3. The number of fused-ring (bicyclic) bond motifs is 2. The van der Waals surface area contributed by atoms with Crippen LogP contribution in [-0.4, -0.2) is 22.2 Å². The van der Waals surface area contributed by atoms with Gasteiger partial charge in [-0.1, -0.05) is 48.7 Å². The van der Waals surface area contributed by atoms with Crippen LogP contribution in [0.2, 0.25) is 14.4 Å². The van der Waals surface area contributed by atoms with E-state index in [1.165, 1.54) is 30.6 Å². The quantitative estimate of drug-likeness (QED) is 0.374. The Morgan fingerprint density at radius 2 is 2.00 bits per heavy atom. The molecule has 3 atom stereocenters. The Bertz CT molecular complexity index is 1230. The fourth-order valence-corrected chi connectivity index (χ4v) is 7.40. The van der Waals surface area contributed by atoms with E-state index >= 15 is 0 Å². The summed E-state index contributed by atoms with van der Waals surface area (Å²) < 4.78 is 2.40. The van der Waals surface area contributed by atoms with Crippen molar-refractivity contribution in [2.75, 3.05) is 6.54 Å². The van der Waals surface area contributed by atoms with Crippen LogP contribution in [0.4, 0.5) is 0 Å². The lowest BCUT2D eigenvalue weighted by molar-refractivity contribution is -0.103. The van der Waals surface area contributed by atoms with Crippen LogP contribution in [0, 0.1) is 30.1 Å². The number of amides is 1. The molecule has 0 aliphatic heterocycles. The van der Waals surface area contributed by atoms with Crippen LogP contribution in [0.5, 0.6) is 0 Å². The number of hydrogen-bond acceptors (Lipinski definition) is 3. The van der Waals surface area contributed by atoms with Crippen molar-refractivity contribution in [1.29, 1.82) is 0 Å². The topological polar surface area (TPSA) is 46.9 Å². The molecule has 3 unspecified atom stereocenters. The van der Waals surface area contributed by atoms with E-state index < -0.39 is 0 Å². The van der Waals surface area contributed by atoms with E-state index in [-0.39, 0.29) is 5.91 Å². The smallest absolute Gasteiger partial charge is 0.272 e. The highest BCUT2D eigenvalue weighted by atomic mass is 35.5. The number of hydrogen-bond donors (Lipinski definition) is 1. The molecule has 0 spiro atoms. The summed E-state index contributed by atoms with van der Waals surface area (Å²) in [4.78, 5) is 14.2. The van der Waals surface area contributed by atoms with Gasteiger partial charge in [0.1, 0.15) is 0 Å². The summed E-state index contributed by atoms with van der Waals surface area (Å²) in [7, 11) is 0. The fourth-order valence-electron chi connectivity index (χ4n) is 5.78. The Morgan fingerprint density at radius 3 is 2.64 bits per heavy atom. The van der Waals surface area contributed by atoms with E-state index in [1.807, 2.05) is 25.1 Å². The van der Waals surface area contributed by atoms with E-state index in [0.29, 0.717) is 49.6 Å². The molecule has 2 heterocycles. The average molecular weight is 523 g/mol. The molecule has 1 N–H and O–H groups in total. The second-order valence-corrected chi connectivity index (χ2v) is 12.4. The Hall–Kier alpha value is -1.53. The van der Waals surface area contributed by atoms with Crippen molar-refractivity contribution < 1.29 is 4.79 Å². The largest absolute Gasteiger partial charge is 0.350 e. The Morgan fingerprint density at radius 1 is 1.21 bits per heavy atom. The van der Waals surface area contributed by atoms with Gasteiger partial charge in [-0.25, -0.2) is 4.68 Å². The zero-order chi connectivity index (χ0) is 23.5. The summed E-state index contributed by atoms with van der Waals surface area (Å²) >= 11 is 20.3. The van der Waals surface area contributed by atoms with Gasteiger partial charge in [-0.2, -0.15) is 5.10 Å². The van der Waals surface area contributed by atoms with Gasteiger partial charge in [0.05, 0.1) is 25.6 Å². The van der Waals surface area contributed by atoms with E-state index in [9.17, 15) is 4.79 Å². The molecule has 2 aromatic heterocycles. The Balaban J connectivity index is 1.46. The highest BCUT2D eigenvalue weighted by molar-refractivity contribution is 7.19. The molecule has 0 radical (unpaired) electrons. The number of thiophene rings is 1. The van der Waals surface area contributed by atoms with E-state index in [0.717, 1.165) is 22.1 Å². The number of rotatable bonds is 5. The second kappa shape index (κ2) is 8.60. The van der Waals surface area contributed by atoms with Crippen LogP contribution in [0.25, 0.3) is 16.3 Å². The minimum Gasteiger partial charge on any atom is -0.350 e. The zero-order valence-electron chi connectivity index (χ0n) is 18.8. The molecule has 1 amide bonds. The molecule has 2 bridgehead atoms. The number of carbonyl (C=O) groups excluding carboxylic acids is 1. The Labute approximate surface area is 213 Å².